The summed E-state index contributed by atoms with van der Waals surface area (Å²) in [4.78, 5) is 11.5. The van der Waals surface area contributed by atoms with Crippen molar-refractivity contribution >= 4 is 23.3 Å². The van der Waals surface area contributed by atoms with Gasteiger partial charge in [-0.2, -0.15) is 5.26 Å². The molecule has 1 rings (SSSR count). The largest absolute Gasteiger partial charge is 0.462 e. The molecule has 0 spiro atoms. The lowest BCUT2D eigenvalue weighted by Crippen LogP contribution is -2.11. The molecule has 1 N–H and O–H groups in total. The summed E-state index contributed by atoms with van der Waals surface area (Å²) in [5.74, 6) is -0.626. The second kappa shape index (κ2) is 6.67. The van der Waals surface area contributed by atoms with E-state index in [0.717, 1.165) is 5.69 Å². The standard InChI is InChI=1S/C13H13ClN2O2/c1-3-18-13(17)12(8-15)9(2)16-11-6-4-10(14)5-7-11/h4-7,16H,3H2,1-2H3/b12-9-. The molecule has 0 amide bonds. The summed E-state index contributed by atoms with van der Waals surface area (Å²) in [6.45, 7) is 3.57. The first-order chi connectivity index (χ1) is 8.58. The summed E-state index contributed by atoms with van der Waals surface area (Å²) >= 11 is 5.76. The van der Waals surface area contributed by atoms with E-state index in [2.05, 4.69) is 5.32 Å². The van der Waals surface area contributed by atoms with Crippen LogP contribution in [-0.4, -0.2) is 12.6 Å². The van der Waals surface area contributed by atoms with Crippen LogP contribution in [-0.2, 0) is 9.53 Å². The van der Waals surface area contributed by atoms with E-state index in [1.165, 1.54) is 0 Å². The fourth-order valence-electron chi connectivity index (χ4n) is 1.30. The molecule has 0 aliphatic rings. The van der Waals surface area contributed by atoms with Crippen molar-refractivity contribution in [3.63, 3.8) is 0 Å². The van der Waals surface area contributed by atoms with Crippen LogP contribution in [0.2, 0.25) is 5.02 Å². The average Bonchev–Trinajstić information content (AvgIpc) is 2.33. The zero-order valence-corrected chi connectivity index (χ0v) is 10.9. The highest BCUT2D eigenvalue weighted by Gasteiger charge is 2.13. The maximum Gasteiger partial charge on any atom is 0.350 e. The summed E-state index contributed by atoms with van der Waals surface area (Å²) in [6.07, 6.45) is 0. The third-order valence-electron chi connectivity index (χ3n) is 2.14. The molecule has 0 saturated heterocycles. The Morgan fingerprint density at radius 2 is 2.06 bits per heavy atom. The van der Waals surface area contributed by atoms with Gasteiger partial charge in [0.2, 0.25) is 0 Å². The molecule has 94 valence electrons. The number of carbonyl (C=O) groups is 1. The Labute approximate surface area is 111 Å². The van der Waals surface area contributed by atoms with Crippen molar-refractivity contribution in [3.05, 3.63) is 40.6 Å². The van der Waals surface area contributed by atoms with Crippen molar-refractivity contribution in [1.29, 1.82) is 5.26 Å². The fraction of sp³-hybridized carbons (Fsp3) is 0.231. The van der Waals surface area contributed by atoms with Crippen molar-refractivity contribution in [2.75, 3.05) is 11.9 Å². The predicted octanol–water partition coefficient (Wildman–Crippen LogP) is 3.11. The van der Waals surface area contributed by atoms with E-state index in [9.17, 15) is 4.79 Å². The van der Waals surface area contributed by atoms with Gasteiger partial charge in [0.1, 0.15) is 6.07 Å². The zero-order valence-electron chi connectivity index (χ0n) is 10.2. The number of nitrogens with zero attached hydrogens (tertiary/aromatic N) is 1. The minimum absolute atomic E-state index is 0.0354. The molecule has 0 atom stereocenters. The third kappa shape index (κ3) is 3.79. The van der Waals surface area contributed by atoms with E-state index >= 15 is 0 Å². The van der Waals surface area contributed by atoms with Crippen LogP contribution in [0.5, 0.6) is 0 Å². The number of nitrogens with one attached hydrogen (secondary N) is 1. The molecule has 0 heterocycles. The van der Waals surface area contributed by atoms with Gasteiger partial charge in [0.25, 0.3) is 0 Å². The highest BCUT2D eigenvalue weighted by molar-refractivity contribution is 6.30. The van der Waals surface area contributed by atoms with E-state index in [1.54, 1.807) is 38.1 Å². The molecule has 0 fully saturated rings. The number of benzene rings is 1. The van der Waals surface area contributed by atoms with Gasteiger partial charge in [0, 0.05) is 16.4 Å². The topological polar surface area (TPSA) is 62.1 Å². The molecule has 0 aromatic heterocycles. The zero-order chi connectivity index (χ0) is 13.5. The number of ether oxygens (including phenoxy) is 1. The van der Waals surface area contributed by atoms with E-state index in [1.807, 2.05) is 6.07 Å². The van der Waals surface area contributed by atoms with E-state index in [-0.39, 0.29) is 12.2 Å². The second-order valence-corrected chi connectivity index (χ2v) is 3.90. The van der Waals surface area contributed by atoms with E-state index in [4.69, 9.17) is 21.6 Å². The lowest BCUT2D eigenvalue weighted by Gasteiger charge is -2.08. The molecule has 18 heavy (non-hydrogen) atoms. The van der Waals surface area contributed by atoms with Crippen LogP contribution >= 0.6 is 11.6 Å². The van der Waals surface area contributed by atoms with Crippen molar-refractivity contribution in [1.82, 2.24) is 0 Å². The lowest BCUT2D eigenvalue weighted by molar-refractivity contribution is -0.138. The molecule has 4 nitrogen and oxygen atoms in total. The Hall–Kier alpha value is -1.99. The molecule has 5 heteroatoms. The summed E-state index contributed by atoms with van der Waals surface area (Å²) in [5, 5.41) is 12.5. The van der Waals surface area contributed by atoms with Crippen LogP contribution in [0.3, 0.4) is 0 Å². The van der Waals surface area contributed by atoms with Gasteiger partial charge in [-0.1, -0.05) is 11.6 Å². The van der Waals surface area contributed by atoms with Crippen LogP contribution in [0, 0.1) is 11.3 Å². The Bertz CT molecular complexity index is 501. The van der Waals surface area contributed by atoms with Crippen LogP contribution in [0.25, 0.3) is 0 Å². The second-order valence-electron chi connectivity index (χ2n) is 3.46. The molecular formula is C13H13ClN2O2. The quantitative estimate of drug-likeness (QED) is 0.516. The number of hydrogen-bond acceptors (Lipinski definition) is 4. The lowest BCUT2D eigenvalue weighted by atomic mass is 10.2. The van der Waals surface area contributed by atoms with Crippen molar-refractivity contribution < 1.29 is 9.53 Å². The van der Waals surface area contributed by atoms with E-state index in [0.29, 0.717) is 10.7 Å². The summed E-state index contributed by atoms with van der Waals surface area (Å²) in [5.41, 5.74) is 1.15. The number of rotatable bonds is 4. The van der Waals surface area contributed by atoms with Gasteiger partial charge < -0.3 is 10.1 Å². The number of carbonyl (C=O) groups excluding carboxylic acids is 1. The van der Waals surface area contributed by atoms with Crippen molar-refractivity contribution in [2.24, 2.45) is 0 Å². The van der Waals surface area contributed by atoms with Gasteiger partial charge >= 0.3 is 5.97 Å². The molecule has 0 unspecified atom stereocenters. The number of hydrogen-bond donors (Lipinski definition) is 1. The minimum Gasteiger partial charge on any atom is -0.462 e. The SMILES string of the molecule is CCOC(=O)/C(C#N)=C(/C)Nc1ccc(Cl)cc1. The number of halogens is 1. The van der Waals surface area contributed by atoms with Gasteiger partial charge in [-0.15, -0.1) is 0 Å². The third-order valence-corrected chi connectivity index (χ3v) is 2.39. The van der Waals surface area contributed by atoms with Crippen LogP contribution in [0.4, 0.5) is 5.69 Å². The van der Waals surface area contributed by atoms with Crippen LogP contribution < -0.4 is 5.32 Å². The Morgan fingerprint density at radius 1 is 1.44 bits per heavy atom. The highest BCUT2D eigenvalue weighted by atomic mass is 35.5. The monoisotopic (exact) mass is 264 g/mol. The molecule has 0 aliphatic carbocycles. The van der Waals surface area contributed by atoms with Gasteiger partial charge in [-0.25, -0.2) is 4.79 Å². The summed E-state index contributed by atoms with van der Waals surface area (Å²) in [7, 11) is 0. The first kappa shape index (κ1) is 14.1. The Morgan fingerprint density at radius 3 is 2.56 bits per heavy atom. The average molecular weight is 265 g/mol. The van der Waals surface area contributed by atoms with Crippen molar-refractivity contribution in [3.8, 4) is 6.07 Å². The number of esters is 1. The molecule has 1 aromatic rings. The van der Waals surface area contributed by atoms with Gasteiger partial charge in [0.15, 0.2) is 5.57 Å². The molecule has 0 radical (unpaired) electrons. The first-order valence-electron chi connectivity index (χ1n) is 5.39. The molecule has 0 aliphatic heterocycles. The molecule has 0 bridgehead atoms. The Kier molecular flexibility index (Phi) is 5.22. The van der Waals surface area contributed by atoms with Crippen LogP contribution in [0.15, 0.2) is 35.5 Å². The van der Waals surface area contributed by atoms with Crippen molar-refractivity contribution in [2.45, 2.75) is 13.8 Å². The first-order valence-corrected chi connectivity index (χ1v) is 5.77. The smallest absolute Gasteiger partial charge is 0.350 e. The maximum atomic E-state index is 11.5. The molecule has 0 saturated carbocycles. The highest BCUT2D eigenvalue weighted by Crippen LogP contribution is 2.16. The van der Waals surface area contributed by atoms with Crippen LogP contribution in [0.1, 0.15) is 13.8 Å². The molecular weight excluding hydrogens is 252 g/mol. The maximum absolute atomic E-state index is 11.5. The van der Waals surface area contributed by atoms with Gasteiger partial charge in [0.05, 0.1) is 6.61 Å². The summed E-state index contributed by atoms with van der Waals surface area (Å²) < 4.78 is 4.79. The number of allylic oxidation sites excluding steroid dienone is 1. The normalized spacial score (nSPS) is 11.2. The Balaban J connectivity index is 2.90. The van der Waals surface area contributed by atoms with E-state index < -0.39 is 5.97 Å². The van der Waals surface area contributed by atoms with Gasteiger partial charge in [-0.3, -0.25) is 0 Å². The number of anilines is 1. The number of nitriles is 1. The minimum atomic E-state index is -0.626. The fourth-order valence-corrected chi connectivity index (χ4v) is 1.42. The predicted molar refractivity (Wildman–Crippen MR) is 70.0 cm³/mol. The molecule has 1 aromatic carbocycles. The van der Waals surface area contributed by atoms with Gasteiger partial charge in [-0.05, 0) is 38.1 Å². The summed E-state index contributed by atoms with van der Waals surface area (Å²) in [6, 6.07) is 8.78.